The van der Waals surface area contributed by atoms with Crippen LogP contribution in [0.15, 0.2) is 66.7 Å². The van der Waals surface area contributed by atoms with Gasteiger partial charge in [-0.25, -0.2) is 18.4 Å². The van der Waals surface area contributed by atoms with Crippen molar-refractivity contribution in [3.63, 3.8) is 0 Å². The zero-order valence-electron chi connectivity index (χ0n) is 18.5. The molecular formula is C24H20ClF5N4O2. The van der Waals surface area contributed by atoms with Gasteiger partial charge < -0.3 is 16.0 Å². The molecule has 3 rings (SSSR count). The van der Waals surface area contributed by atoms with Gasteiger partial charge in [0.2, 0.25) is 0 Å². The van der Waals surface area contributed by atoms with Gasteiger partial charge in [0.15, 0.2) is 0 Å². The first-order valence-corrected chi connectivity index (χ1v) is 10.9. The molecule has 12 heteroatoms. The Morgan fingerprint density at radius 1 is 0.917 bits per heavy atom. The minimum Gasteiger partial charge on any atom is -0.338 e. The molecule has 0 atom stereocenters. The summed E-state index contributed by atoms with van der Waals surface area (Å²) in [6.45, 7) is -0.0759. The molecule has 0 aromatic heterocycles. The van der Waals surface area contributed by atoms with Crippen LogP contribution in [-0.2, 0) is 6.18 Å². The Bertz CT molecular complexity index is 1240. The molecule has 0 bridgehead atoms. The van der Waals surface area contributed by atoms with E-state index >= 15 is 0 Å². The van der Waals surface area contributed by atoms with Gasteiger partial charge in [-0.2, -0.15) is 13.2 Å². The molecule has 190 valence electrons. The van der Waals surface area contributed by atoms with E-state index in [9.17, 15) is 31.5 Å². The lowest BCUT2D eigenvalue weighted by Gasteiger charge is -2.24. The van der Waals surface area contributed by atoms with Crippen LogP contribution in [0.2, 0.25) is 5.02 Å². The molecule has 0 unspecified atom stereocenters. The molecule has 0 aliphatic rings. The molecular weight excluding hydrogens is 507 g/mol. The number of hydrogen-bond donors (Lipinski definition) is 3. The van der Waals surface area contributed by atoms with Crippen LogP contribution in [0, 0.1) is 11.6 Å². The number of nitrogens with one attached hydrogen (secondary N) is 3. The number of halogens is 6. The fraction of sp³-hybridized carbons (Fsp3) is 0.167. The molecule has 0 radical (unpaired) electrons. The third-order valence-corrected chi connectivity index (χ3v) is 5.06. The number of urea groups is 2. The van der Waals surface area contributed by atoms with Crippen molar-refractivity contribution in [2.45, 2.75) is 12.6 Å². The van der Waals surface area contributed by atoms with Crippen LogP contribution in [0.3, 0.4) is 0 Å². The maximum Gasteiger partial charge on any atom is 0.416 e. The average Bonchev–Trinajstić information content (AvgIpc) is 2.80. The van der Waals surface area contributed by atoms with Crippen molar-refractivity contribution in [1.82, 2.24) is 5.32 Å². The van der Waals surface area contributed by atoms with Gasteiger partial charge in [-0.05, 0) is 55.0 Å². The summed E-state index contributed by atoms with van der Waals surface area (Å²) in [6.07, 6.45) is -4.47. The Balaban J connectivity index is 1.67. The lowest BCUT2D eigenvalue weighted by Crippen LogP contribution is -2.38. The lowest BCUT2D eigenvalue weighted by molar-refractivity contribution is -0.137. The number of rotatable bonds is 7. The van der Waals surface area contributed by atoms with Crippen LogP contribution in [0.25, 0.3) is 0 Å². The normalized spacial score (nSPS) is 11.1. The first-order chi connectivity index (χ1) is 17.0. The molecule has 0 saturated heterocycles. The van der Waals surface area contributed by atoms with Crippen molar-refractivity contribution in [2.24, 2.45) is 0 Å². The van der Waals surface area contributed by atoms with E-state index in [-0.39, 0.29) is 30.9 Å². The first kappa shape index (κ1) is 26.7. The molecule has 3 aromatic carbocycles. The topological polar surface area (TPSA) is 73.5 Å². The van der Waals surface area contributed by atoms with Gasteiger partial charge in [-0.1, -0.05) is 23.7 Å². The average molecular weight is 527 g/mol. The van der Waals surface area contributed by atoms with Crippen molar-refractivity contribution in [3.05, 3.63) is 89.0 Å². The number of carbonyl (C=O) groups excluding carboxylic acids is 2. The van der Waals surface area contributed by atoms with Crippen molar-refractivity contribution >= 4 is 40.7 Å². The van der Waals surface area contributed by atoms with Crippen LogP contribution < -0.4 is 20.9 Å². The predicted octanol–water partition coefficient (Wildman–Crippen LogP) is 6.89. The fourth-order valence-corrected chi connectivity index (χ4v) is 3.34. The molecule has 0 spiro atoms. The Morgan fingerprint density at radius 2 is 1.67 bits per heavy atom. The summed E-state index contributed by atoms with van der Waals surface area (Å²) in [5.74, 6) is -1.76. The maximum absolute atomic E-state index is 13.7. The second-order valence-corrected chi connectivity index (χ2v) is 7.94. The molecule has 0 aliphatic heterocycles. The Morgan fingerprint density at radius 3 is 2.36 bits per heavy atom. The Labute approximate surface area is 208 Å². The zero-order chi connectivity index (χ0) is 26.3. The second-order valence-electron chi connectivity index (χ2n) is 7.50. The van der Waals surface area contributed by atoms with Crippen molar-refractivity contribution < 1.29 is 31.5 Å². The van der Waals surface area contributed by atoms with Gasteiger partial charge in [0.05, 0.1) is 11.3 Å². The number of carbonyl (C=O) groups is 2. The monoisotopic (exact) mass is 526 g/mol. The van der Waals surface area contributed by atoms with Gasteiger partial charge in [0.25, 0.3) is 0 Å². The van der Waals surface area contributed by atoms with Crippen LogP contribution >= 0.6 is 11.6 Å². The third-order valence-electron chi connectivity index (χ3n) is 4.83. The minimum absolute atomic E-state index is 0.00540. The highest BCUT2D eigenvalue weighted by molar-refractivity contribution is 6.30. The predicted molar refractivity (Wildman–Crippen MR) is 127 cm³/mol. The highest BCUT2D eigenvalue weighted by Crippen LogP contribution is 2.32. The van der Waals surface area contributed by atoms with Crippen LogP contribution in [0.5, 0.6) is 0 Å². The number of amides is 4. The molecule has 0 aliphatic carbocycles. The molecule has 4 amide bonds. The molecule has 0 saturated carbocycles. The first-order valence-electron chi connectivity index (χ1n) is 10.5. The molecule has 36 heavy (non-hydrogen) atoms. The number of alkyl halides is 3. The fourth-order valence-electron chi connectivity index (χ4n) is 3.15. The van der Waals surface area contributed by atoms with Crippen molar-refractivity contribution in [3.8, 4) is 0 Å². The summed E-state index contributed by atoms with van der Waals surface area (Å²) < 4.78 is 66.3. The van der Waals surface area contributed by atoms with Gasteiger partial charge in [0.1, 0.15) is 11.6 Å². The standard InChI is InChI=1S/C24H20ClF5N4O2/c25-16-5-2-6-18(13-16)32-23(36)34(19-7-1-4-15(12-19)24(28,29)30)11-3-10-31-22(35)33-21-9-8-17(26)14-20(21)27/h1-2,4-9,12-14H,3,10-11H2,(H,32,36)(H2,31,33,35). The number of hydrogen-bond acceptors (Lipinski definition) is 2. The highest BCUT2D eigenvalue weighted by atomic mass is 35.5. The summed E-state index contributed by atoms with van der Waals surface area (Å²) in [5, 5.41) is 7.60. The van der Waals surface area contributed by atoms with E-state index in [1.165, 1.54) is 18.2 Å². The van der Waals surface area contributed by atoms with E-state index < -0.39 is 35.4 Å². The van der Waals surface area contributed by atoms with Crippen LogP contribution in [0.4, 0.5) is 48.6 Å². The molecule has 0 fully saturated rings. The van der Waals surface area contributed by atoms with Gasteiger partial charge >= 0.3 is 18.2 Å². The molecule has 6 nitrogen and oxygen atoms in total. The van der Waals surface area contributed by atoms with E-state index in [0.717, 1.165) is 29.2 Å². The van der Waals surface area contributed by atoms with Crippen LogP contribution in [-0.4, -0.2) is 25.2 Å². The lowest BCUT2D eigenvalue weighted by atomic mass is 10.1. The van der Waals surface area contributed by atoms with E-state index in [2.05, 4.69) is 16.0 Å². The van der Waals surface area contributed by atoms with Gasteiger partial charge in [-0.15, -0.1) is 0 Å². The largest absolute Gasteiger partial charge is 0.416 e. The minimum atomic E-state index is -4.61. The Kier molecular flexibility index (Phi) is 8.70. The summed E-state index contributed by atoms with van der Waals surface area (Å²) >= 11 is 5.93. The number of nitrogens with zero attached hydrogens (tertiary/aromatic N) is 1. The summed E-state index contributed by atoms with van der Waals surface area (Å²) in [4.78, 5) is 26.0. The quantitative estimate of drug-likeness (QED) is 0.232. The van der Waals surface area contributed by atoms with E-state index in [1.54, 1.807) is 18.2 Å². The molecule has 0 heterocycles. The molecule has 3 N–H and O–H groups in total. The third kappa shape index (κ3) is 7.57. The molecule has 3 aromatic rings. The Hall–Kier alpha value is -3.86. The highest BCUT2D eigenvalue weighted by Gasteiger charge is 2.31. The summed E-state index contributed by atoms with van der Waals surface area (Å²) in [5.41, 5.74) is -0.842. The number of benzene rings is 3. The van der Waals surface area contributed by atoms with Crippen molar-refractivity contribution in [1.29, 1.82) is 0 Å². The maximum atomic E-state index is 13.7. The van der Waals surface area contributed by atoms with E-state index in [4.69, 9.17) is 11.6 Å². The van der Waals surface area contributed by atoms with E-state index in [0.29, 0.717) is 16.8 Å². The van der Waals surface area contributed by atoms with Gasteiger partial charge in [-0.3, -0.25) is 4.90 Å². The summed E-state index contributed by atoms with van der Waals surface area (Å²) in [6, 6.07) is 11.6. The summed E-state index contributed by atoms with van der Waals surface area (Å²) in [7, 11) is 0. The van der Waals surface area contributed by atoms with Crippen molar-refractivity contribution in [2.75, 3.05) is 28.6 Å². The SMILES string of the molecule is O=C(NCCCN(C(=O)Nc1cccc(Cl)c1)c1cccc(C(F)(F)F)c1)Nc1ccc(F)cc1F. The van der Waals surface area contributed by atoms with E-state index in [1.807, 2.05) is 0 Å². The van der Waals surface area contributed by atoms with Gasteiger partial charge in [0, 0.05) is 35.6 Å². The van der Waals surface area contributed by atoms with Crippen LogP contribution in [0.1, 0.15) is 12.0 Å². The second kappa shape index (κ2) is 11.7. The number of anilines is 3. The smallest absolute Gasteiger partial charge is 0.338 e. The zero-order valence-corrected chi connectivity index (χ0v) is 19.3.